The molecule has 0 saturated carbocycles. The van der Waals surface area contributed by atoms with E-state index in [2.05, 4.69) is 5.32 Å². The Morgan fingerprint density at radius 1 is 1.13 bits per heavy atom. The number of likely N-dealkylation sites (tertiary alicyclic amines) is 2. The van der Waals surface area contributed by atoms with Gasteiger partial charge in [-0.1, -0.05) is 29.8 Å². The van der Waals surface area contributed by atoms with Crippen molar-refractivity contribution in [2.45, 2.75) is 57.9 Å². The topological polar surface area (TPSA) is 69.7 Å². The monoisotopic (exact) mass is 433 g/mol. The van der Waals surface area contributed by atoms with E-state index in [4.69, 9.17) is 11.6 Å². The van der Waals surface area contributed by atoms with Crippen LogP contribution in [-0.4, -0.2) is 53.7 Å². The first-order valence-corrected chi connectivity index (χ1v) is 11.5. The molecule has 30 heavy (non-hydrogen) atoms. The predicted molar refractivity (Wildman–Crippen MR) is 117 cm³/mol. The molecule has 3 amide bonds. The molecule has 2 fully saturated rings. The number of rotatable bonds is 9. The number of carbonyl (C=O) groups is 3. The minimum Gasteiger partial charge on any atom is -0.352 e. The van der Waals surface area contributed by atoms with E-state index >= 15 is 0 Å². The lowest BCUT2D eigenvalue weighted by Crippen LogP contribution is -2.40. The number of halogens is 1. The maximum Gasteiger partial charge on any atom is 0.222 e. The second kappa shape index (κ2) is 11.3. The molecule has 2 aliphatic rings. The van der Waals surface area contributed by atoms with Gasteiger partial charge in [-0.3, -0.25) is 14.4 Å². The fourth-order valence-corrected chi connectivity index (χ4v) is 4.51. The van der Waals surface area contributed by atoms with Gasteiger partial charge in [0.25, 0.3) is 0 Å². The molecule has 3 rings (SSSR count). The SMILES string of the molecule is O=C(CC[C@H]1CCCN(C(=O)CCCN2CCCC2=O)C1)NCc1ccccc1Cl. The Kier molecular flexibility index (Phi) is 8.55. The van der Waals surface area contributed by atoms with E-state index in [1.54, 1.807) is 0 Å². The van der Waals surface area contributed by atoms with Gasteiger partial charge in [-0.05, 0) is 49.7 Å². The van der Waals surface area contributed by atoms with Crippen LogP contribution in [0.25, 0.3) is 0 Å². The Morgan fingerprint density at radius 2 is 1.97 bits per heavy atom. The van der Waals surface area contributed by atoms with Crippen LogP contribution < -0.4 is 5.32 Å². The summed E-state index contributed by atoms with van der Waals surface area (Å²) in [6.07, 6.45) is 6.12. The maximum absolute atomic E-state index is 12.6. The fourth-order valence-electron chi connectivity index (χ4n) is 4.31. The Balaban J connectivity index is 1.33. The quantitative estimate of drug-likeness (QED) is 0.649. The van der Waals surface area contributed by atoms with Crippen molar-refractivity contribution in [3.8, 4) is 0 Å². The number of nitrogens with one attached hydrogen (secondary N) is 1. The zero-order valence-corrected chi connectivity index (χ0v) is 18.3. The molecule has 0 bridgehead atoms. The van der Waals surface area contributed by atoms with Crippen molar-refractivity contribution in [2.24, 2.45) is 5.92 Å². The largest absolute Gasteiger partial charge is 0.352 e. The molecule has 1 atom stereocenters. The molecule has 2 saturated heterocycles. The number of hydrogen-bond donors (Lipinski definition) is 1. The van der Waals surface area contributed by atoms with E-state index in [0.29, 0.717) is 43.3 Å². The summed E-state index contributed by atoms with van der Waals surface area (Å²) < 4.78 is 0. The van der Waals surface area contributed by atoms with E-state index in [9.17, 15) is 14.4 Å². The number of carbonyl (C=O) groups excluding carboxylic acids is 3. The van der Waals surface area contributed by atoms with Gasteiger partial charge in [0.15, 0.2) is 0 Å². The summed E-state index contributed by atoms with van der Waals surface area (Å²) in [4.78, 5) is 40.2. The lowest BCUT2D eigenvalue weighted by atomic mass is 9.93. The van der Waals surface area contributed by atoms with Crippen LogP contribution in [0, 0.1) is 5.92 Å². The van der Waals surface area contributed by atoms with Crippen LogP contribution in [0.15, 0.2) is 24.3 Å². The molecule has 7 heteroatoms. The first-order valence-electron chi connectivity index (χ1n) is 11.1. The van der Waals surface area contributed by atoms with E-state index in [-0.39, 0.29) is 17.7 Å². The first kappa shape index (κ1) is 22.6. The average molecular weight is 434 g/mol. The standard InChI is InChI=1S/C23H32ClN3O3/c24-20-8-2-1-7-19(20)16-25-21(28)12-11-18-6-3-15-27(17-18)23(30)10-5-14-26-13-4-9-22(26)29/h1-2,7-8,18H,3-6,9-17H2,(H,25,28)/t18-/m1/s1. The molecule has 2 aliphatic heterocycles. The van der Waals surface area contributed by atoms with Crippen LogP contribution in [0.5, 0.6) is 0 Å². The third-order valence-corrected chi connectivity index (χ3v) is 6.44. The number of hydrogen-bond acceptors (Lipinski definition) is 3. The summed E-state index contributed by atoms with van der Waals surface area (Å²) in [5, 5.41) is 3.60. The van der Waals surface area contributed by atoms with Crippen LogP contribution in [0.1, 0.15) is 56.9 Å². The van der Waals surface area contributed by atoms with E-state index in [0.717, 1.165) is 57.3 Å². The van der Waals surface area contributed by atoms with Gasteiger partial charge in [-0.2, -0.15) is 0 Å². The molecular weight excluding hydrogens is 402 g/mol. The Bertz CT molecular complexity index is 755. The fraction of sp³-hybridized carbons (Fsp3) is 0.609. The van der Waals surface area contributed by atoms with Gasteiger partial charge >= 0.3 is 0 Å². The number of amides is 3. The van der Waals surface area contributed by atoms with Crippen molar-refractivity contribution in [1.82, 2.24) is 15.1 Å². The minimum atomic E-state index is 0.0219. The zero-order valence-electron chi connectivity index (χ0n) is 17.6. The van der Waals surface area contributed by atoms with Crippen LogP contribution in [-0.2, 0) is 20.9 Å². The van der Waals surface area contributed by atoms with Crippen molar-refractivity contribution >= 4 is 29.3 Å². The van der Waals surface area contributed by atoms with Crippen molar-refractivity contribution < 1.29 is 14.4 Å². The number of piperidine rings is 1. The van der Waals surface area contributed by atoms with E-state index in [1.165, 1.54) is 0 Å². The molecule has 0 radical (unpaired) electrons. The highest BCUT2D eigenvalue weighted by atomic mass is 35.5. The summed E-state index contributed by atoms with van der Waals surface area (Å²) in [6.45, 7) is 3.49. The second-order valence-electron chi connectivity index (χ2n) is 8.34. The molecule has 1 aromatic carbocycles. The maximum atomic E-state index is 12.6. The van der Waals surface area contributed by atoms with Crippen LogP contribution in [0.3, 0.4) is 0 Å². The van der Waals surface area contributed by atoms with Crippen molar-refractivity contribution in [3.63, 3.8) is 0 Å². The van der Waals surface area contributed by atoms with E-state index < -0.39 is 0 Å². The molecular formula is C23H32ClN3O3. The predicted octanol–water partition coefficient (Wildman–Crippen LogP) is 3.38. The van der Waals surface area contributed by atoms with Gasteiger partial charge in [0.2, 0.25) is 17.7 Å². The summed E-state index contributed by atoms with van der Waals surface area (Å²) in [7, 11) is 0. The summed E-state index contributed by atoms with van der Waals surface area (Å²) in [6, 6.07) is 7.51. The molecule has 0 unspecified atom stereocenters. The van der Waals surface area contributed by atoms with Gasteiger partial charge in [0.1, 0.15) is 0 Å². The first-order chi connectivity index (χ1) is 14.5. The number of benzene rings is 1. The third-order valence-electron chi connectivity index (χ3n) is 6.08. The Labute approximate surface area is 183 Å². The molecule has 6 nitrogen and oxygen atoms in total. The van der Waals surface area contributed by atoms with Crippen molar-refractivity contribution in [2.75, 3.05) is 26.2 Å². The highest BCUT2D eigenvalue weighted by Crippen LogP contribution is 2.22. The van der Waals surface area contributed by atoms with Gasteiger partial charge < -0.3 is 15.1 Å². The Morgan fingerprint density at radius 3 is 2.73 bits per heavy atom. The normalized spacial score (nSPS) is 19.2. The van der Waals surface area contributed by atoms with Gasteiger partial charge in [-0.25, -0.2) is 0 Å². The molecule has 164 valence electrons. The van der Waals surface area contributed by atoms with Crippen molar-refractivity contribution in [3.05, 3.63) is 34.9 Å². The second-order valence-corrected chi connectivity index (χ2v) is 8.75. The van der Waals surface area contributed by atoms with Crippen LogP contribution >= 0.6 is 11.6 Å². The minimum absolute atomic E-state index is 0.0219. The Hall–Kier alpha value is -2.08. The van der Waals surface area contributed by atoms with Gasteiger partial charge in [0.05, 0.1) is 0 Å². The van der Waals surface area contributed by atoms with Crippen LogP contribution in [0.2, 0.25) is 5.02 Å². The smallest absolute Gasteiger partial charge is 0.222 e. The third kappa shape index (κ3) is 6.73. The lowest BCUT2D eigenvalue weighted by molar-refractivity contribution is -0.134. The molecule has 0 aliphatic carbocycles. The molecule has 0 spiro atoms. The highest BCUT2D eigenvalue weighted by Gasteiger charge is 2.25. The number of nitrogens with zero attached hydrogens (tertiary/aromatic N) is 2. The van der Waals surface area contributed by atoms with Crippen molar-refractivity contribution in [1.29, 1.82) is 0 Å². The molecule has 2 heterocycles. The molecule has 1 N–H and O–H groups in total. The summed E-state index contributed by atoms with van der Waals surface area (Å²) >= 11 is 6.12. The van der Waals surface area contributed by atoms with Gasteiger partial charge in [0, 0.05) is 57.0 Å². The molecule has 1 aromatic rings. The molecule has 0 aromatic heterocycles. The summed E-state index contributed by atoms with van der Waals surface area (Å²) in [5.74, 6) is 0.783. The van der Waals surface area contributed by atoms with Crippen LogP contribution in [0.4, 0.5) is 0 Å². The highest BCUT2D eigenvalue weighted by molar-refractivity contribution is 6.31. The van der Waals surface area contributed by atoms with E-state index in [1.807, 2.05) is 34.1 Å². The average Bonchev–Trinajstić information content (AvgIpc) is 3.16. The lowest BCUT2D eigenvalue weighted by Gasteiger charge is -2.33. The summed E-state index contributed by atoms with van der Waals surface area (Å²) in [5.41, 5.74) is 0.914. The zero-order chi connectivity index (χ0) is 21.3. The van der Waals surface area contributed by atoms with Gasteiger partial charge in [-0.15, -0.1) is 0 Å².